The van der Waals surface area contributed by atoms with Gasteiger partial charge in [0.1, 0.15) is 23.5 Å². The Labute approximate surface area is 138 Å². The number of nitrogens with two attached hydrogens (primary N) is 1. The maximum absolute atomic E-state index is 11.9. The normalized spacial score (nSPS) is 13.5. The molecule has 7 heteroatoms. The molecule has 128 valence electrons. The number of ether oxygens (including phenoxy) is 1. The Morgan fingerprint density at radius 2 is 1.96 bits per heavy atom. The summed E-state index contributed by atoms with van der Waals surface area (Å²) in [7, 11) is 0. The van der Waals surface area contributed by atoms with Crippen LogP contribution in [-0.2, 0) is 16.1 Å². The van der Waals surface area contributed by atoms with Crippen molar-refractivity contribution >= 4 is 22.7 Å². The lowest BCUT2D eigenvalue weighted by Gasteiger charge is -2.15. The fourth-order valence-electron chi connectivity index (χ4n) is 2.13. The molecule has 0 fully saturated rings. The number of phenols is 1. The summed E-state index contributed by atoms with van der Waals surface area (Å²) < 4.78 is 10.3. The molecule has 0 saturated heterocycles. The Bertz CT molecular complexity index is 852. The number of hydrogen-bond acceptors (Lipinski definition) is 7. The fourth-order valence-corrected chi connectivity index (χ4v) is 2.13. The molecule has 0 amide bonds. The Balaban J connectivity index is 2.42. The highest BCUT2D eigenvalue weighted by atomic mass is 16.5. The van der Waals surface area contributed by atoms with Gasteiger partial charge in [-0.25, -0.2) is 4.79 Å². The maximum atomic E-state index is 11.9. The number of ketones is 1. The van der Waals surface area contributed by atoms with Gasteiger partial charge in [-0.1, -0.05) is 6.92 Å². The third-order valence-electron chi connectivity index (χ3n) is 3.83. The van der Waals surface area contributed by atoms with Gasteiger partial charge in [0.25, 0.3) is 0 Å². The minimum atomic E-state index is -0.783. The average molecular weight is 333 g/mol. The number of rotatable bonds is 5. The molecule has 2 aromatic rings. The van der Waals surface area contributed by atoms with E-state index in [9.17, 15) is 19.5 Å². The minimum Gasteiger partial charge on any atom is -0.508 e. The number of Topliss-reactive ketones (excluding diaryl/α,β-unsaturated/α-hetero) is 1. The molecule has 2 atom stereocenters. The number of aromatic hydroxyl groups is 1. The van der Waals surface area contributed by atoms with Gasteiger partial charge in [0, 0.05) is 23.1 Å². The van der Waals surface area contributed by atoms with Gasteiger partial charge in [0.05, 0.1) is 5.92 Å². The van der Waals surface area contributed by atoms with Crippen molar-refractivity contribution in [2.45, 2.75) is 33.4 Å². The topological polar surface area (TPSA) is 120 Å². The molecule has 7 nitrogen and oxygen atoms in total. The van der Waals surface area contributed by atoms with Crippen LogP contribution in [0, 0.1) is 5.92 Å². The van der Waals surface area contributed by atoms with Crippen molar-refractivity contribution in [3.8, 4) is 5.75 Å². The summed E-state index contributed by atoms with van der Waals surface area (Å²) in [6.07, 6.45) is 0. The number of fused-ring (bicyclic) bond motifs is 1. The molecule has 0 spiro atoms. The first-order valence-electron chi connectivity index (χ1n) is 7.43. The van der Waals surface area contributed by atoms with Crippen LogP contribution in [-0.4, -0.2) is 22.9 Å². The summed E-state index contributed by atoms with van der Waals surface area (Å²) in [5.74, 6) is -1.55. The smallest absolute Gasteiger partial charge is 0.347 e. The molecule has 0 aliphatic rings. The average Bonchev–Trinajstić information content (AvgIpc) is 2.50. The van der Waals surface area contributed by atoms with Crippen LogP contribution in [0.3, 0.4) is 0 Å². The van der Waals surface area contributed by atoms with Crippen LogP contribution in [0.4, 0.5) is 0 Å². The van der Waals surface area contributed by atoms with Gasteiger partial charge in [-0.3, -0.25) is 9.59 Å². The molecule has 3 N–H and O–H groups in total. The van der Waals surface area contributed by atoms with Crippen LogP contribution in [0.1, 0.15) is 36.7 Å². The highest BCUT2D eigenvalue weighted by molar-refractivity contribution is 5.97. The third kappa shape index (κ3) is 3.62. The first-order valence-corrected chi connectivity index (χ1v) is 7.43. The molecule has 1 unspecified atom stereocenters. The Morgan fingerprint density at radius 1 is 1.29 bits per heavy atom. The zero-order valence-corrected chi connectivity index (χ0v) is 13.7. The zero-order valence-electron chi connectivity index (χ0n) is 13.7. The van der Waals surface area contributed by atoms with E-state index in [0.717, 1.165) is 0 Å². The van der Waals surface area contributed by atoms with Gasteiger partial charge in [-0.05, 0) is 26.0 Å². The van der Waals surface area contributed by atoms with E-state index in [-0.39, 0.29) is 29.5 Å². The van der Waals surface area contributed by atoms with Crippen LogP contribution in [0.25, 0.3) is 11.0 Å². The van der Waals surface area contributed by atoms with E-state index in [1.807, 2.05) is 0 Å². The number of esters is 1. The van der Waals surface area contributed by atoms with E-state index in [0.29, 0.717) is 10.9 Å². The van der Waals surface area contributed by atoms with Gasteiger partial charge >= 0.3 is 11.6 Å². The number of hydrogen-bond donors (Lipinski definition) is 2. The molecular formula is C17H19NO6. The minimum absolute atomic E-state index is 0.107. The maximum Gasteiger partial charge on any atom is 0.347 e. The molecule has 2 rings (SSSR count). The summed E-state index contributed by atoms with van der Waals surface area (Å²) in [6.45, 7) is 4.46. The van der Waals surface area contributed by atoms with E-state index in [4.69, 9.17) is 14.9 Å². The molecule has 1 aromatic carbocycles. The summed E-state index contributed by atoms with van der Waals surface area (Å²) in [5.41, 5.74) is 5.30. The van der Waals surface area contributed by atoms with Gasteiger partial charge in [-0.15, -0.1) is 0 Å². The van der Waals surface area contributed by atoms with Crippen molar-refractivity contribution in [1.82, 2.24) is 0 Å². The highest BCUT2D eigenvalue weighted by Gasteiger charge is 2.20. The van der Waals surface area contributed by atoms with Gasteiger partial charge < -0.3 is 20.0 Å². The summed E-state index contributed by atoms with van der Waals surface area (Å²) in [4.78, 5) is 35.2. The second-order valence-corrected chi connectivity index (χ2v) is 5.78. The van der Waals surface area contributed by atoms with E-state index in [1.54, 1.807) is 13.8 Å². The highest BCUT2D eigenvalue weighted by Crippen LogP contribution is 2.25. The molecule has 0 radical (unpaired) electrons. The summed E-state index contributed by atoms with van der Waals surface area (Å²) in [5, 5.41) is 10.2. The Morgan fingerprint density at radius 3 is 2.54 bits per heavy atom. The fraction of sp³-hybridized carbons (Fsp3) is 0.353. The zero-order chi connectivity index (χ0) is 18.0. The molecule has 1 aromatic heterocycles. The van der Waals surface area contributed by atoms with Crippen molar-refractivity contribution in [3.63, 3.8) is 0 Å². The quantitative estimate of drug-likeness (QED) is 0.485. The van der Waals surface area contributed by atoms with E-state index in [1.165, 1.54) is 25.1 Å². The molecule has 24 heavy (non-hydrogen) atoms. The summed E-state index contributed by atoms with van der Waals surface area (Å²) in [6, 6.07) is 3.66. The summed E-state index contributed by atoms with van der Waals surface area (Å²) >= 11 is 0. The second-order valence-electron chi connectivity index (χ2n) is 5.78. The van der Waals surface area contributed by atoms with E-state index < -0.39 is 23.3 Å². The molecule has 0 saturated carbocycles. The number of carbonyl (C=O) groups excluding carboxylic acids is 2. The van der Waals surface area contributed by atoms with Gasteiger partial charge in [-0.2, -0.15) is 0 Å². The van der Waals surface area contributed by atoms with Crippen LogP contribution in [0.2, 0.25) is 0 Å². The van der Waals surface area contributed by atoms with Crippen molar-refractivity contribution in [1.29, 1.82) is 0 Å². The predicted octanol–water partition coefficient (Wildman–Crippen LogP) is 1.73. The number of benzene rings is 1. The molecule has 0 aliphatic heterocycles. The molecule has 0 bridgehead atoms. The predicted molar refractivity (Wildman–Crippen MR) is 86.8 cm³/mol. The van der Waals surface area contributed by atoms with Crippen LogP contribution < -0.4 is 11.4 Å². The van der Waals surface area contributed by atoms with Crippen molar-refractivity contribution < 1.29 is 23.8 Å². The van der Waals surface area contributed by atoms with E-state index >= 15 is 0 Å². The van der Waals surface area contributed by atoms with Crippen molar-refractivity contribution in [2.75, 3.05) is 0 Å². The van der Waals surface area contributed by atoms with Crippen LogP contribution in [0.15, 0.2) is 27.4 Å². The molecular weight excluding hydrogens is 314 g/mol. The van der Waals surface area contributed by atoms with Gasteiger partial charge in [0.2, 0.25) is 0 Å². The van der Waals surface area contributed by atoms with Crippen molar-refractivity contribution in [3.05, 3.63) is 39.7 Å². The molecule has 0 aliphatic carbocycles. The monoisotopic (exact) mass is 333 g/mol. The van der Waals surface area contributed by atoms with Gasteiger partial charge in [0.15, 0.2) is 5.78 Å². The standard InChI is InChI=1S/C17H19NO6/c1-8(9(2)18)16(21)23-7-11-4-12(20)5-15-14(11)6-13(10(3)19)17(22)24-15/h4-6,8-9,20H,7,18H2,1-3H3/t8-,9?/m0/s1. The molecule has 1 heterocycles. The lowest BCUT2D eigenvalue weighted by Crippen LogP contribution is -2.31. The number of carbonyl (C=O) groups is 2. The Hall–Kier alpha value is -2.67. The van der Waals surface area contributed by atoms with Crippen molar-refractivity contribution in [2.24, 2.45) is 11.7 Å². The lowest BCUT2D eigenvalue weighted by molar-refractivity contribution is -0.149. The van der Waals surface area contributed by atoms with E-state index in [2.05, 4.69) is 0 Å². The first kappa shape index (κ1) is 17.7. The van der Waals surface area contributed by atoms with Crippen LogP contribution in [0.5, 0.6) is 5.75 Å². The first-order chi connectivity index (χ1) is 11.2. The van der Waals surface area contributed by atoms with Crippen LogP contribution >= 0.6 is 0 Å². The third-order valence-corrected chi connectivity index (χ3v) is 3.83. The Kier molecular flexibility index (Phi) is 5.04. The number of phenolic OH excluding ortho intramolecular Hbond substituents is 1. The SMILES string of the molecule is CC(=O)c1cc2c(COC(=O)[C@@H](C)C(C)N)cc(O)cc2oc1=O. The second kappa shape index (κ2) is 6.84. The largest absolute Gasteiger partial charge is 0.508 e. The lowest BCUT2D eigenvalue weighted by atomic mass is 10.0.